The third-order valence-corrected chi connectivity index (χ3v) is 3.65. The van der Waals surface area contributed by atoms with Crippen molar-refractivity contribution in [3.63, 3.8) is 0 Å². The van der Waals surface area contributed by atoms with Crippen LogP contribution in [0.1, 0.15) is 49.1 Å². The number of hydrogen-bond donors (Lipinski definition) is 3. The molecule has 1 fully saturated rings. The Kier molecular flexibility index (Phi) is 4.08. The standard InChI is InChI=1S/C11H17N5O3/c17-9(8-13-15-16-14-8)12-7-11(10(18)19)5-3-1-2-4-6-11/h1-7H2,(H,12,17)(H,18,19)(H,13,14,15,16). The van der Waals surface area contributed by atoms with Crippen molar-refractivity contribution < 1.29 is 14.7 Å². The number of amides is 1. The number of nitrogens with one attached hydrogen (secondary N) is 2. The summed E-state index contributed by atoms with van der Waals surface area (Å²) in [7, 11) is 0. The molecule has 2 rings (SSSR count). The number of H-pyrrole nitrogens is 1. The lowest BCUT2D eigenvalue weighted by atomic mass is 9.80. The Bertz CT molecular complexity index is 437. The van der Waals surface area contributed by atoms with Crippen molar-refractivity contribution in [1.82, 2.24) is 25.9 Å². The van der Waals surface area contributed by atoms with E-state index in [1.165, 1.54) is 0 Å². The lowest BCUT2D eigenvalue weighted by molar-refractivity contribution is -0.149. The van der Waals surface area contributed by atoms with Gasteiger partial charge < -0.3 is 10.4 Å². The Balaban J connectivity index is 2.00. The molecule has 104 valence electrons. The first kappa shape index (κ1) is 13.4. The van der Waals surface area contributed by atoms with E-state index in [4.69, 9.17) is 0 Å². The van der Waals surface area contributed by atoms with Gasteiger partial charge in [0.2, 0.25) is 0 Å². The van der Waals surface area contributed by atoms with Gasteiger partial charge in [0.1, 0.15) is 0 Å². The molecule has 0 bridgehead atoms. The molecule has 0 aromatic carbocycles. The van der Waals surface area contributed by atoms with Crippen molar-refractivity contribution in [3.05, 3.63) is 5.82 Å². The van der Waals surface area contributed by atoms with Crippen molar-refractivity contribution in [2.75, 3.05) is 6.54 Å². The van der Waals surface area contributed by atoms with E-state index in [1.54, 1.807) is 0 Å². The molecule has 0 atom stereocenters. The monoisotopic (exact) mass is 267 g/mol. The van der Waals surface area contributed by atoms with Gasteiger partial charge in [-0.2, -0.15) is 5.21 Å². The van der Waals surface area contributed by atoms with Gasteiger partial charge in [-0.3, -0.25) is 9.59 Å². The summed E-state index contributed by atoms with van der Waals surface area (Å²) in [5, 5.41) is 24.7. The van der Waals surface area contributed by atoms with Crippen LogP contribution in [0.15, 0.2) is 0 Å². The molecular formula is C11H17N5O3. The molecule has 8 heteroatoms. The van der Waals surface area contributed by atoms with E-state index in [-0.39, 0.29) is 12.4 Å². The van der Waals surface area contributed by atoms with Gasteiger partial charge in [-0.05, 0) is 18.1 Å². The molecule has 0 aliphatic heterocycles. The average molecular weight is 267 g/mol. The van der Waals surface area contributed by atoms with E-state index in [9.17, 15) is 14.7 Å². The largest absolute Gasteiger partial charge is 0.481 e. The highest BCUT2D eigenvalue weighted by molar-refractivity contribution is 5.90. The zero-order chi connectivity index (χ0) is 13.7. The average Bonchev–Trinajstić information content (AvgIpc) is 2.82. The quantitative estimate of drug-likeness (QED) is 0.677. The first-order valence-corrected chi connectivity index (χ1v) is 6.39. The maximum absolute atomic E-state index is 11.7. The number of carbonyl (C=O) groups is 2. The van der Waals surface area contributed by atoms with Crippen LogP contribution in [-0.2, 0) is 4.79 Å². The van der Waals surface area contributed by atoms with Crippen molar-refractivity contribution in [2.45, 2.75) is 38.5 Å². The van der Waals surface area contributed by atoms with Gasteiger partial charge >= 0.3 is 5.97 Å². The lowest BCUT2D eigenvalue weighted by Crippen LogP contribution is -2.43. The zero-order valence-electron chi connectivity index (χ0n) is 10.6. The molecule has 0 spiro atoms. The van der Waals surface area contributed by atoms with Crippen molar-refractivity contribution in [1.29, 1.82) is 0 Å². The molecule has 1 aromatic rings. The van der Waals surface area contributed by atoms with Crippen LogP contribution >= 0.6 is 0 Å². The third-order valence-electron chi connectivity index (χ3n) is 3.65. The zero-order valence-corrected chi connectivity index (χ0v) is 10.6. The SMILES string of the molecule is O=C(NCC1(C(=O)O)CCCCCC1)c1nn[nH]n1. The van der Waals surface area contributed by atoms with Crippen LogP contribution in [0.2, 0.25) is 0 Å². The first-order valence-electron chi connectivity index (χ1n) is 6.39. The molecule has 1 aliphatic carbocycles. The van der Waals surface area contributed by atoms with Crippen molar-refractivity contribution >= 4 is 11.9 Å². The number of tetrazole rings is 1. The summed E-state index contributed by atoms with van der Waals surface area (Å²) in [6, 6.07) is 0. The molecule has 0 saturated heterocycles. The Hall–Kier alpha value is -1.99. The van der Waals surface area contributed by atoms with Gasteiger partial charge in [-0.25, -0.2) is 0 Å². The fourth-order valence-electron chi connectivity index (χ4n) is 2.46. The van der Waals surface area contributed by atoms with Crippen LogP contribution in [0.5, 0.6) is 0 Å². The first-order chi connectivity index (χ1) is 9.14. The van der Waals surface area contributed by atoms with Gasteiger partial charge in [0.15, 0.2) is 0 Å². The normalized spacial score (nSPS) is 18.5. The Morgan fingerprint density at radius 1 is 1.26 bits per heavy atom. The fourth-order valence-corrected chi connectivity index (χ4v) is 2.46. The van der Waals surface area contributed by atoms with Crippen LogP contribution in [-0.4, -0.2) is 44.2 Å². The summed E-state index contributed by atoms with van der Waals surface area (Å²) in [4.78, 5) is 23.2. The summed E-state index contributed by atoms with van der Waals surface area (Å²) in [6.45, 7) is 0.107. The summed E-state index contributed by atoms with van der Waals surface area (Å²) >= 11 is 0. The predicted molar refractivity (Wildman–Crippen MR) is 64.3 cm³/mol. The molecule has 0 radical (unpaired) electrons. The number of carboxylic acids is 1. The lowest BCUT2D eigenvalue weighted by Gasteiger charge is -2.27. The predicted octanol–water partition coefficient (Wildman–Crippen LogP) is 0.355. The minimum absolute atomic E-state index is 0.0749. The molecule has 1 aromatic heterocycles. The number of carbonyl (C=O) groups excluding carboxylic acids is 1. The van der Waals surface area contributed by atoms with Crippen LogP contribution in [0.25, 0.3) is 0 Å². The van der Waals surface area contributed by atoms with E-state index in [2.05, 4.69) is 25.9 Å². The van der Waals surface area contributed by atoms with E-state index in [1.807, 2.05) is 0 Å². The molecule has 8 nitrogen and oxygen atoms in total. The van der Waals surface area contributed by atoms with Gasteiger partial charge in [-0.15, -0.1) is 10.2 Å². The maximum Gasteiger partial charge on any atom is 0.311 e. The molecule has 1 heterocycles. The second-order valence-corrected chi connectivity index (χ2v) is 4.92. The Morgan fingerprint density at radius 3 is 2.47 bits per heavy atom. The topological polar surface area (TPSA) is 121 Å². The number of aliphatic carboxylic acids is 1. The number of aromatic amines is 1. The number of rotatable bonds is 4. The van der Waals surface area contributed by atoms with E-state index >= 15 is 0 Å². The molecule has 1 saturated carbocycles. The second-order valence-electron chi connectivity index (χ2n) is 4.92. The Labute approximate surface area is 110 Å². The molecule has 0 unspecified atom stereocenters. The summed E-state index contributed by atoms with van der Waals surface area (Å²) in [5.74, 6) is -1.42. The number of aromatic nitrogens is 4. The van der Waals surface area contributed by atoms with E-state index in [0.717, 1.165) is 25.7 Å². The van der Waals surface area contributed by atoms with Crippen LogP contribution in [0.3, 0.4) is 0 Å². The van der Waals surface area contributed by atoms with Crippen LogP contribution < -0.4 is 5.32 Å². The van der Waals surface area contributed by atoms with Gasteiger partial charge in [-0.1, -0.05) is 25.7 Å². The maximum atomic E-state index is 11.7. The van der Waals surface area contributed by atoms with Crippen molar-refractivity contribution in [2.24, 2.45) is 5.41 Å². The molecule has 3 N–H and O–H groups in total. The van der Waals surface area contributed by atoms with Gasteiger partial charge in [0.25, 0.3) is 11.7 Å². The molecular weight excluding hydrogens is 250 g/mol. The van der Waals surface area contributed by atoms with E-state index < -0.39 is 17.3 Å². The molecule has 19 heavy (non-hydrogen) atoms. The molecule has 1 aliphatic rings. The summed E-state index contributed by atoms with van der Waals surface area (Å²) < 4.78 is 0. The van der Waals surface area contributed by atoms with Gasteiger partial charge in [0, 0.05) is 6.54 Å². The molecule has 1 amide bonds. The number of nitrogens with zero attached hydrogens (tertiary/aromatic N) is 3. The smallest absolute Gasteiger partial charge is 0.311 e. The highest BCUT2D eigenvalue weighted by Crippen LogP contribution is 2.34. The van der Waals surface area contributed by atoms with Crippen molar-refractivity contribution in [3.8, 4) is 0 Å². The van der Waals surface area contributed by atoms with E-state index in [0.29, 0.717) is 12.8 Å². The second kappa shape index (κ2) is 5.77. The Morgan fingerprint density at radius 2 is 1.95 bits per heavy atom. The minimum atomic E-state index is -0.865. The number of hydrogen-bond acceptors (Lipinski definition) is 5. The minimum Gasteiger partial charge on any atom is -0.481 e. The summed E-state index contributed by atoms with van der Waals surface area (Å²) in [5.41, 5.74) is -0.865. The van der Waals surface area contributed by atoms with Gasteiger partial charge in [0.05, 0.1) is 5.41 Å². The summed E-state index contributed by atoms with van der Waals surface area (Å²) in [6.07, 6.45) is 5.04. The van der Waals surface area contributed by atoms with Crippen LogP contribution in [0, 0.1) is 5.41 Å². The fraction of sp³-hybridized carbons (Fsp3) is 0.727. The highest BCUT2D eigenvalue weighted by Gasteiger charge is 2.39. The van der Waals surface area contributed by atoms with Crippen LogP contribution in [0.4, 0.5) is 0 Å². The number of carboxylic acid groups (broad SMARTS) is 1. The third kappa shape index (κ3) is 3.07. The highest BCUT2D eigenvalue weighted by atomic mass is 16.4.